The van der Waals surface area contributed by atoms with Crippen molar-refractivity contribution in [2.45, 2.75) is 45.2 Å². The summed E-state index contributed by atoms with van der Waals surface area (Å²) in [5.41, 5.74) is 4.44. The van der Waals surface area contributed by atoms with Crippen molar-refractivity contribution in [2.75, 3.05) is 57.3 Å². The number of carbonyl (C=O) groups is 3. The molecule has 330 valence electrons. The predicted molar refractivity (Wildman–Crippen MR) is 241 cm³/mol. The Kier molecular flexibility index (Phi) is 12.2. The summed E-state index contributed by atoms with van der Waals surface area (Å²) in [5, 5.41) is 21.8. The van der Waals surface area contributed by atoms with E-state index in [-0.39, 0.29) is 42.3 Å². The number of aryl methyl sites for hydroxylation is 1. The molecule has 0 radical (unpaired) electrons. The first-order valence-corrected chi connectivity index (χ1v) is 21.8. The summed E-state index contributed by atoms with van der Waals surface area (Å²) in [7, 11) is 0. The second kappa shape index (κ2) is 18.6. The van der Waals surface area contributed by atoms with Crippen molar-refractivity contribution in [1.29, 1.82) is 5.26 Å². The van der Waals surface area contributed by atoms with Crippen LogP contribution in [0.15, 0.2) is 101 Å². The molecule has 3 aliphatic heterocycles. The Morgan fingerprint density at radius 2 is 1.60 bits per heavy atom. The van der Waals surface area contributed by atoms with Gasteiger partial charge in [0.15, 0.2) is 11.6 Å². The number of likely N-dealkylation sites (tertiary alicyclic amines) is 1. The van der Waals surface area contributed by atoms with Crippen LogP contribution in [0.3, 0.4) is 0 Å². The summed E-state index contributed by atoms with van der Waals surface area (Å²) in [6, 6.07) is 24.9. The van der Waals surface area contributed by atoms with Crippen molar-refractivity contribution in [3.63, 3.8) is 0 Å². The van der Waals surface area contributed by atoms with Crippen LogP contribution >= 0.6 is 0 Å². The Hall–Kier alpha value is -7.58. The summed E-state index contributed by atoms with van der Waals surface area (Å²) in [4.78, 5) is 79.4. The number of anilines is 1. The van der Waals surface area contributed by atoms with E-state index in [1.54, 1.807) is 36.7 Å². The van der Waals surface area contributed by atoms with Gasteiger partial charge < -0.3 is 14.5 Å². The average molecular weight is 874 g/mol. The zero-order valence-corrected chi connectivity index (χ0v) is 35.9. The molecule has 3 aromatic heterocycles. The molecule has 6 heterocycles. The van der Waals surface area contributed by atoms with Crippen LogP contribution in [0.25, 0.3) is 33.4 Å². The van der Waals surface area contributed by atoms with Crippen LogP contribution in [0, 0.1) is 24.2 Å². The number of imide groups is 1. The normalized spacial score (nSPS) is 17.2. The summed E-state index contributed by atoms with van der Waals surface area (Å²) in [5.74, 6) is 0.640. The number of nitrogens with zero attached hydrogens (tertiary/aromatic N) is 10. The third kappa shape index (κ3) is 9.53. The highest BCUT2D eigenvalue weighted by Crippen LogP contribution is 2.26. The minimum Gasteiger partial charge on any atom is -0.490 e. The van der Waals surface area contributed by atoms with E-state index in [0.717, 1.165) is 40.6 Å². The molecule has 3 aromatic carbocycles. The summed E-state index contributed by atoms with van der Waals surface area (Å²) in [6.07, 6.45) is 5.38. The van der Waals surface area contributed by atoms with E-state index >= 15 is 0 Å². The number of hydrogen-bond acceptors (Lipinski definition) is 13. The zero-order valence-electron chi connectivity index (χ0n) is 35.9. The van der Waals surface area contributed by atoms with E-state index in [2.05, 4.69) is 41.4 Å². The van der Waals surface area contributed by atoms with Crippen molar-refractivity contribution in [2.24, 2.45) is 5.92 Å². The Bertz CT molecular complexity index is 2950. The van der Waals surface area contributed by atoms with Gasteiger partial charge in [-0.25, -0.2) is 19.3 Å². The van der Waals surface area contributed by atoms with Gasteiger partial charge in [0.25, 0.3) is 17.0 Å². The molecule has 0 saturated carbocycles. The first kappa shape index (κ1) is 42.7. The number of benzene rings is 3. The molecule has 3 amide bonds. The maximum Gasteiger partial charge on any atom is 0.275 e. The Balaban J connectivity index is 0.729. The fraction of sp³-hybridized carbons (Fsp3) is 0.333. The minimum atomic E-state index is -0.830. The standard InChI is InChI=1S/C48H47N11O6/c1-31-39-9-8-37(24-40(39)48(64)59(53-31)42-11-12-43(60)52-47(42)63)56-20-18-55(19-21-56)29-45(62)57-16-14-32(15-17-57)30-65-38-26-50-46(51-27-38)36-7-3-5-34(23-36)28-58-44(61)13-10-41(54-58)35-6-2-4-33(22-35)25-49/h2-10,13,22-24,26-27,32,42H,11-12,14-21,28-30H2,1H3,(H,52,60,63). The molecule has 1 unspecified atom stereocenters. The van der Waals surface area contributed by atoms with Crippen molar-refractivity contribution in [3.8, 4) is 34.5 Å². The molecule has 0 aliphatic carbocycles. The van der Waals surface area contributed by atoms with Gasteiger partial charge in [0.1, 0.15) is 6.04 Å². The summed E-state index contributed by atoms with van der Waals surface area (Å²) >= 11 is 0. The Labute approximate surface area is 373 Å². The van der Waals surface area contributed by atoms with Gasteiger partial charge in [0, 0.05) is 74.0 Å². The van der Waals surface area contributed by atoms with Gasteiger partial charge >= 0.3 is 0 Å². The second-order valence-electron chi connectivity index (χ2n) is 16.8. The Morgan fingerprint density at radius 1 is 0.831 bits per heavy atom. The number of nitrogens with one attached hydrogen (secondary N) is 1. The molecule has 0 spiro atoms. The molecule has 6 aromatic rings. The van der Waals surface area contributed by atoms with Gasteiger partial charge in [0.2, 0.25) is 11.8 Å². The van der Waals surface area contributed by atoms with Crippen LogP contribution in [-0.4, -0.2) is 109 Å². The Morgan fingerprint density at radius 3 is 2.37 bits per heavy atom. The number of nitriles is 1. The maximum absolute atomic E-state index is 13.6. The lowest BCUT2D eigenvalue weighted by atomic mass is 9.98. The lowest BCUT2D eigenvalue weighted by Gasteiger charge is -2.38. The first-order valence-electron chi connectivity index (χ1n) is 21.8. The molecule has 65 heavy (non-hydrogen) atoms. The molecule has 3 fully saturated rings. The van der Waals surface area contributed by atoms with Crippen LogP contribution in [-0.2, 0) is 20.9 Å². The van der Waals surface area contributed by atoms with Gasteiger partial charge in [0.05, 0.1) is 60.5 Å². The quantitative estimate of drug-likeness (QED) is 0.185. The van der Waals surface area contributed by atoms with Crippen molar-refractivity contribution < 1.29 is 19.1 Å². The molecule has 17 nitrogen and oxygen atoms in total. The summed E-state index contributed by atoms with van der Waals surface area (Å²) in [6.45, 7) is 7.02. The monoisotopic (exact) mass is 873 g/mol. The number of piperazine rings is 1. The number of piperidine rings is 2. The predicted octanol–water partition coefficient (Wildman–Crippen LogP) is 3.72. The zero-order chi connectivity index (χ0) is 45.0. The van der Waals surface area contributed by atoms with E-state index in [0.29, 0.717) is 92.2 Å². The molecule has 17 heteroatoms. The van der Waals surface area contributed by atoms with E-state index in [1.807, 2.05) is 60.4 Å². The number of rotatable bonds is 11. The SMILES string of the molecule is Cc1nn(C2CCC(=O)NC2=O)c(=O)c2cc(N3CCN(CC(=O)N4CCC(COc5cnc(-c6cccc(Cn7nc(-c8cccc(C#N)c8)ccc7=O)c6)nc5)CC4)CC3)ccc12. The van der Waals surface area contributed by atoms with Crippen molar-refractivity contribution in [1.82, 2.24) is 44.6 Å². The smallest absolute Gasteiger partial charge is 0.275 e. The fourth-order valence-electron chi connectivity index (χ4n) is 8.74. The minimum absolute atomic E-state index is 0.118. The molecule has 3 saturated heterocycles. The molecule has 1 atom stereocenters. The van der Waals surface area contributed by atoms with Crippen LogP contribution < -0.4 is 26.1 Å². The van der Waals surface area contributed by atoms with Crippen molar-refractivity contribution >= 4 is 34.2 Å². The molecule has 1 N–H and O–H groups in total. The highest BCUT2D eigenvalue weighted by Gasteiger charge is 2.31. The van der Waals surface area contributed by atoms with Gasteiger partial charge in [-0.1, -0.05) is 36.4 Å². The number of ether oxygens (including phenoxy) is 1. The number of fused-ring (bicyclic) bond motifs is 1. The fourth-order valence-corrected chi connectivity index (χ4v) is 8.74. The van der Waals surface area contributed by atoms with Gasteiger partial charge in [-0.2, -0.15) is 15.5 Å². The van der Waals surface area contributed by atoms with Crippen LogP contribution in [0.1, 0.15) is 48.5 Å². The third-order valence-electron chi connectivity index (χ3n) is 12.4. The number of amides is 3. The maximum atomic E-state index is 13.6. The third-order valence-corrected chi connectivity index (χ3v) is 12.4. The summed E-state index contributed by atoms with van der Waals surface area (Å²) < 4.78 is 8.72. The largest absolute Gasteiger partial charge is 0.490 e. The highest BCUT2D eigenvalue weighted by molar-refractivity contribution is 5.99. The molecular formula is C48H47N11O6. The van der Waals surface area contributed by atoms with Crippen LogP contribution in [0.5, 0.6) is 5.75 Å². The van der Waals surface area contributed by atoms with Gasteiger partial charge in [-0.05, 0) is 74.1 Å². The number of carbonyl (C=O) groups excluding carboxylic acids is 3. The van der Waals surface area contributed by atoms with E-state index in [4.69, 9.17) is 4.74 Å². The second-order valence-corrected chi connectivity index (χ2v) is 16.8. The number of aromatic nitrogens is 6. The molecule has 3 aliphatic rings. The van der Waals surface area contributed by atoms with Crippen molar-refractivity contribution in [3.05, 3.63) is 129 Å². The topological polar surface area (TPSA) is 202 Å². The lowest BCUT2D eigenvalue weighted by molar-refractivity contribution is -0.136. The van der Waals surface area contributed by atoms with E-state index in [9.17, 15) is 29.2 Å². The molecule has 0 bridgehead atoms. The first-order chi connectivity index (χ1) is 31.6. The number of hydrogen-bond donors (Lipinski definition) is 1. The van der Waals surface area contributed by atoms with Crippen LogP contribution in [0.4, 0.5) is 5.69 Å². The van der Waals surface area contributed by atoms with Gasteiger partial charge in [-0.15, -0.1) is 0 Å². The highest BCUT2D eigenvalue weighted by atomic mass is 16.5. The van der Waals surface area contributed by atoms with Gasteiger partial charge in [-0.3, -0.25) is 34.2 Å². The molecular weight excluding hydrogens is 827 g/mol. The average Bonchev–Trinajstić information content (AvgIpc) is 3.33. The van der Waals surface area contributed by atoms with E-state index in [1.165, 1.54) is 15.4 Å². The lowest BCUT2D eigenvalue weighted by Crippen LogP contribution is -2.51. The van der Waals surface area contributed by atoms with Crippen LogP contribution in [0.2, 0.25) is 0 Å². The van der Waals surface area contributed by atoms with E-state index < -0.39 is 11.9 Å². The molecule has 9 rings (SSSR count).